The Hall–Kier alpha value is -6.29. The number of furan rings is 2. The maximum Gasteiger partial charge on any atom is 0.511 e. The van der Waals surface area contributed by atoms with Crippen LogP contribution in [0, 0.1) is 0 Å². The standard InChI is InChI=1S/C22H28ClN3O10S.C17H20ClN3O8S.CH4/c1-13(35-21(29)33-9-7-25-20(28)36-22(2,3)4)34-19(27)15-10-18(37(24,30)31)16(23)11-17(15)26-12-14-6-5-8-32-14;1-10(29-17(23)27-6-4-19)28-16(22)12-7-15(30(20,24)25)13(18)8-14(12)21-9-11-3-2-5-26-11;/h5-6,8,10-11,13,26H,7,9,12H2,1-4H3,(H,25,28)(H2,24,30,31);2-3,5,7-8,10,21H,4,6,9,19H2,1H3,(H2,20,24,25);1H4. The highest BCUT2D eigenvalue weighted by Crippen LogP contribution is 2.31. The van der Waals surface area contributed by atoms with Crippen molar-refractivity contribution in [2.75, 3.05) is 36.9 Å². The van der Waals surface area contributed by atoms with E-state index in [0.717, 1.165) is 12.1 Å². The van der Waals surface area contributed by atoms with Crippen molar-refractivity contribution in [2.45, 2.75) is 83.1 Å². The van der Waals surface area contributed by atoms with E-state index in [9.17, 15) is 40.8 Å². The maximum absolute atomic E-state index is 12.8. The molecule has 2 aromatic carbocycles. The molecule has 2 aromatic heterocycles. The minimum absolute atomic E-state index is 0. The summed E-state index contributed by atoms with van der Waals surface area (Å²) < 4.78 is 91.9. The number of ether oxygens (including phenoxy) is 7. The van der Waals surface area contributed by atoms with E-state index in [2.05, 4.69) is 20.7 Å². The minimum Gasteiger partial charge on any atom is -0.467 e. The SMILES string of the molecule is C.CC(OC(=O)OCCN)OC(=O)c1cc(S(N)(=O)=O)c(Cl)cc1NCc1ccco1.CC(OC(=O)OCCNC(=O)OC(C)(C)C)OC(=O)c1cc(S(N)(=O)=O)c(Cl)cc1NCc1ccco1. The van der Waals surface area contributed by atoms with Gasteiger partial charge in [0.25, 0.3) is 0 Å². The third-order valence-electron chi connectivity index (χ3n) is 7.66. The first-order valence-electron chi connectivity index (χ1n) is 19.3. The van der Waals surface area contributed by atoms with Crippen molar-refractivity contribution in [3.8, 4) is 0 Å². The van der Waals surface area contributed by atoms with E-state index in [1.807, 2.05) is 0 Å². The summed E-state index contributed by atoms with van der Waals surface area (Å²) in [5.41, 5.74) is 4.33. The van der Waals surface area contributed by atoms with Crippen molar-refractivity contribution in [2.24, 2.45) is 16.0 Å². The van der Waals surface area contributed by atoms with Crippen LogP contribution in [0.25, 0.3) is 0 Å². The molecule has 28 heteroatoms. The van der Waals surface area contributed by atoms with Crippen molar-refractivity contribution in [3.63, 3.8) is 0 Å². The van der Waals surface area contributed by atoms with Gasteiger partial charge in [-0.3, -0.25) is 0 Å². The molecule has 24 nitrogen and oxygen atoms in total. The van der Waals surface area contributed by atoms with E-state index in [1.54, 1.807) is 45.0 Å². The summed E-state index contributed by atoms with van der Waals surface area (Å²) in [5, 5.41) is 18.1. The van der Waals surface area contributed by atoms with Crippen molar-refractivity contribution >= 4 is 85.0 Å². The second-order valence-corrected chi connectivity index (χ2v) is 18.1. The van der Waals surface area contributed by atoms with Gasteiger partial charge in [-0.25, -0.2) is 51.1 Å². The molecular weight excluding hydrogens is 988 g/mol. The molecule has 68 heavy (non-hydrogen) atoms. The van der Waals surface area contributed by atoms with Gasteiger partial charge in [0.1, 0.15) is 40.1 Å². The molecule has 0 fully saturated rings. The van der Waals surface area contributed by atoms with Crippen LogP contribution < -0.4 is 32.0 Å². The molecule has 0 aliphatic carbocycles. The number of amides is 1. The fourth-order valence-corrected chi connectivity index (χ4v) is 7.12. The molecule has 376 valence electrons. The number of rotatable bonds is 19. The lowest BCUT2D eigenvalue weighted by atomic mass is 10.1. The van der Waals surface area contributed by atoms with Gasteiger partial charge < -0.3 is 63.7 Å². The number of carbonyl (C=O) groups excluding carboxylic acids is 5. The van der Waals surface area contributed by atoms with Crippen LogP contribution in [0.1, 0.15) is 74.3 Å². The zero-order chi connectivity index (χ0) is 50.1. The topological polar surface area (TPSA) is 359 Å². The minimum atomic E-state index is -4.27. The van der Waals surface area contributed by atoms with Gasteiger partial charge in [-0.2, -0.15) is 0 Å². The predicted molar refractivity (Wildman–Crippen MR) is 242 cm³/mol. The van der Waals surface area contributed by atoms with Gasteiger partial charge in [0.05, 0.1) is 64.7 Å². The highest BCUT2D eigenvalue weighted by atomic mass is 35.5. The summed E-state index contributed by atoms with van der Waals surface area (Å²) in [6.45, 7) is 7.62. The highest BCUT2D eigenvalue weighted by molar-refractivity contribution is 7.89. The van der Waals surface area contributed by atoms with Gasteiger partial charge in [0.15, 0.2) is 0 Å². The van der Waals surface area contributed by atoms with Crippen LogP contribution in [0.3, 0.4) is 0 Å². The van der Waals surface area contributed by atoms with Crippen molar-refractivity contribution < 1.29 is 82.8 Å². The summed E-state index contributed by atoms with van der Waals surface area (Å²) in [6, 6.07) is 11.0. The molecule has 9 N–H and O–H groups in total. The number of benzene rings is 2. The third-order valence-corrected chi connectivity index (χ3v) is 10.4. The number of nitrogens with two attached hydrogens (primary N) is 3. The van der Waals surface area contributed by atoms with Gasteiger partial charge in [0, 0.05) is 20.4 Å². The zero-order valence-corrected chi connectivity index (χ0v) is 39.5. The molecule has 0 spiro atoms. The van der Waals surface area contributed by atoms with E-state index < -0.39 is 78.4 Å². The average molecular weight is 1040 g/mol. The summed E-state index contributed by atoms with van der Waals surface area (Å²) >= 11 is 12.0. The molecule has 1 amide bonds. The highest BCUT2D eigenvalue weighted by Gasteiger charge is 2.26. The Morgan fingerprint density at radius 1 is 0.691 bits per heavy atom. The zero-order valence-electron chi connectivity index (χ0n) is 36.3. The molecule has 0 saturated carbocycles. The van der Waals surface area contributed by atoms with Gasteiger partial charge in [0.2, 0.25) is 32.6 Å². The number of primary sulfonamides is 2. The number of halogens is 2. The van der Waals surface area contributed by atoms with Crippen LogP contribution in [0.15, 0.2) is 79.7 Å². The van der Waals surface area contributed by atoms with Crippen LogP contribution in [0.5, 0.6) is 0 Å². The predicted octanol–water partition coefficient (Wildman–Crippen LogP) is 5.82. The number of anilines is 2. The molecule has 0 aliphatic rings. The average Bonchev–Trinajstić information content (AvgIpc) is 3.94. The van der Waals surface area contributed by atoms with Crippen molar-refractivity contribution in [3.05, 3.63) is 93.7 Å². The fraction of sp³-hybridized carbons (Fsp3) is 0.375. The Labute approximate surface area is 401 Å². The van der Waals surface area contributed by atoms with Gasteiger partial charge in [-0.15, -0.1) is 0 Å². The molecule has 0 bridgehead atoms. The summed E-state index contributed by atoms with van der Waals surface area (Å²) in [7, 11) is -8.50. The number of hydrogen-bond donors (Lipinski definition) is 6. The Morgan fingerprint density at radius 3 is 1.46 bits per heavy atom. The molecule has 2 unspecified atom stereocenters. The molecule has 4 aromatic rings. The first kappa shape index (κ1) is 57.8. The first-order valence-corrected chi connectivity index (χ1v) is 23.1. The van der Waals surface area contributed by atoms with E-state index in [0.29, 0.717) is 11.5 Å². The molecule has 2 atom stereocenters. The van der Waals surface area contributed by atoms with Crippen LogP contribution >= 0.6 is 23.2 Å². The summed E-state index contributed by atoms with van der Waals surface area (Å²) in [5.74, 6) is -0.986. The van der Waals surface area contributed by atoms with Crippen molar-refractivity contribution in [1.82, 2.24) is 5.32 Å². The largest absolute Gasteiger partial charge is 0.511 e. The van der Waals surface area contributed by atoms with Crippen LogP contribution in [-0.2, 0) is 66.3 Å². The smallest absolute Gasteiger partial charge is 0.467 e. The molecule has 0 radical (unpaired) electrons. The second-order valence-electron chi connectivity index (χ2n) is 14.2. The van der Waals surface area contributed by atoms with Gasteiger partial charge >= 0.3 is 30.3 Å². The van der Waals surface area contributed by atoms with Gasteiger partial charge in [-0.05, 0) is 69.3 Å². The van der Waals surface area contributed by atoms with E-state index in [-0.39, 0.29) is 79.4 Å². The quantitative estimate of drug-likeness (QED) is 0.0279. The number of nitrogens with one attached hydrogen (secondary N) is 3. The Morgan fingerprint density at radius 2 is 1.10 bits per heavy atom. The second kappa shape index (κ2) is 26.3. The molecule has 4 rings (SSSR count). The number of alkyl carbamates (subject to hydrolysis) is 1. The molecule has 0 saturated heterocycles. The van der Waals surface area contributed by atoms with Crippen molar-refractivity contribution in [1.29, 1.82) is 0 Å². The van der Waals surface area contributed by atoms with Crippen LogP contribution in [-0.4, -0.2) is 91.7 Å². The molecule has 0 aliphatic heterocycles. The Bertz CT molecular complexity index is 2560. The number of hydrogen-bond acceptors (Lipinski definition) is 21. The lowest BCUT2D eigenvalue weighted by Gasteiger charge is -2.19. The summed E-state index contributed by atoms with van der Waals surface area (Å²) in [6.07, 6.45) is -2.80. The number of carbonyl (C=O) groups is 5. The third kappa shape index (κ3) is 19.9. The van der Waals surface area contributed by atoms with Crippen LogP contribution in [0.4, 0.5) is 25.8 Å². The van der Waals surface area contributed by atoms with E-state index >= 15 is 0 Å². The maximum atomic E-state index is 12.8. The fourth-order valence-electron chi connectivity index (χ4n) is 4.92. The Balaban J connectivity index is 0.000000470. The summed E-state index contributed by atoms with van der Waals surface area (Å²) in [4.78, 5) is 59.3. The molecule has 2 heterocycles. The van der Waals surface area contributed by atoms with Crippen LogP contribution in [0.2, 0.25) is 10.0 Å². The van der Waals surface area contributed by atoms with Gasteiger partial charge in [-0.1, -0.05) is 30.6 Å². The number of sulfonamides is 2. The Kier molecular flexibility index (Phi) is 22.4. The molecular formula is C40H52Cl2N6O18S2. The normalized spacial score (nSPS) is 12.0. The number of esters is 2. The van der Waals surface area contributed by atoms with E-state index in [4.69, 9.17) is 76.5 Å². The lowest BCUT2D eigenvalue weighted by Crippen LogP contribution is -2.34. The first-order chi connectivity index (χ1) is 31.3. The van der Waals surface area contributed by atoms with E-state index in [1.165, 1.54) is 38.5 Å². The lowest BCUT2D eigenvalue weighted by molar-refractivity contribution is -0.0830. The monoisotopic (exact) mass is 1040 g/mol.